The van der Waals surface area contributed by atoms with Crippen molar-refractivity contribution < 1.29 is 9.90 Å². The van der Waals surface area contributed by atoms with E-state index in [1.807, 2.05) is 14.0 Å². The number of carboxylic acids is 1. The summed E-state index contributed by atoms with van der Waals surface area (Å²) in [4.78, 5) is 20.5. The number of aromatic nitrogens is 1. The maximum Gasteiger partial charge on any atom is 0.347 e. The third-order valence-corrected chi connectivity index (χ3v) is 5.11. The van der Waals surface area contributed by atoms with Gasteiger partial charge in [0.2, 0.25) is 0 Å². The third-order valence-electron chi connectivity index (χ3n) is 3.91. The minimum absolute atomic E-state index is 0.387. The summed E-state index contributed by atoms with van der Waals surface area (Å²) in [6.45, 7) is 5.21. The number of nitrogens with zero attached hydrogens (tertiary/aromatic N) is 3. The Morgan fingerprint density at radius 1 is 1.50 bits per heavy atom. The van der Waals surface area contributed by atoms with Gasteiger partial charge in [0.15, 0.2) is 5.13 Å². The molecule has 6 heteroatoms. The molecule has 0 spiro atoms. The molecule has 1 aromatic rings. The van der Waals surface area contributed by atoms with Gasteiger partial charge in [-0.2, -0.15) is 0 Å². The van der Waals surface area contributed by atoms with Gasteiger partial charge in [0.25, 0.3) is 0 Å². The monoisotopic (exact) mass is 297 g/mol. The molecule has 1 N–H and O–H groups in total. The number of aryl methyl sites for hydroxylation is 1. The number of aromatic carboxylic acids is 1. The highest BCUT2D eigenvalue weighted by Gasteiger charge is 2.22. The Balaban J connectivity index is 2.02. The van der Waals surface area contributed by atoms with Gasteiger partial charge in [-0.3, -0.25) is 0 Å². The first-order valence-electron chi connectivity index (χ1n) is 7.14. The largest absolute Gasteiger partial charge is 0.477 e. The van der Waals surface area contributed by atoms with E-state index in [2.05, 4.69) is 21.8 Å². The number of hydrogen-bond donors (Lipinski definition) is 1. The second-order valence-corrected chi connectivity index (χ2v) is 6.54. The molecule has 0 atom stereocenters. The van der Waals surface area contributed by atoms with Crippen LogP contribution >= 0.6 is 11.3 Å². The van der Waals surface area contributed by atoms with Crippen LogP contribution in [0.5, 0.6) is 0 Å². The molecule has 0 amide bonds. The van der Waals surface area contributed by atoms with Gasteiger partial charge < -0.3 is 14.9 Å². The smallest absolute Gasteiger partial charge is 0.347 e. The normalized spacial score (nSPS) is 17.4. The van der Waals surface area contributed by atoms with E-state index >= 15 is 0 Å². The van der Waals surface area contributed by atoms with Crippen LogP contribution in [-0.2, 0) is 6.42 Å². The van der Waals surface area contributed by atoms with E-state index in [0.29, 0.717) is 22.9 Å². The fourth-order valence-electron chi connectivity index (χ4n) is 2.62. The third kappa shape index (κ3) is 3.49. The first kappa shape index (κ1) is 15.3. The van der Waals surface area contributed by atoms with Crippen LogP contribution < -0.4 is 4.90 Å². The molecule has 1 aliphatic heterocycles. The van der Waals surface area contributed by atoms with Gasteiger partial charge in [-0.1, -0.05) is 18.3 Å². The lowest BCUT2D eigenvalue weighted by molar-refractivity contribution is 0.0701. The second-order valence-electron chi connectivity index (χ2n) is 5.56. The zero-order valence-corrected chi connectivity index (χ0v) is 13.2. The quantitative estimate of drug-likeness (QED) is 0.903. The van der Waals surface area contributed by atoms with Gasteiger partial charge in [-0.25, -0.2) is 9.78 Å². The number of carboxylic acid groups (broad SMARTS) is 1. The predicted octanol–water partition coefficient (Wildman–Crippen LogP) is 2.18. The lowest BCUT2D eigenvalue weighted by atomic mass is 9.97. The Morgan fingerprint density at radius 3 is 2.65 bits per heavy atom. The SMILES string of the molecule is CCc1nc(N(C)CC2CCN(C)CC2)sc1C(=O)O. The molecule has 1 aliphatic rings. The molecule has 0 radical (unpaired) electrons. The Kier molecular flexibility index (Phi) is 4.99. The average Bonchev–Trinajstić information content (AvgIpc) is 2.86. The predicted molar refractivity (Wildman–Crippen MR) is 81.9 cm³/mol. The summed E-state index contributed by atoms with van der Waals surface area (Å²) in [5, 5.41) is 10.0. The molecular formula is C14H23N3O2S. The molecule has 1 aromatic heterocycles. The van der Waals surface area contributed by atoms with Gasteiger partial charge in [-0.05, 0) is 45.3 Å². The van der Waals surface area contributed by atoms with Crippen LogP contribution in [-0.4, -0.2) is 54.7 Å². The molecule has 0 unspecified atom stereocenters. The number of piperidine rings is 1. The zero-order chi connectivity index (χ0) is 14.7. The molecule has 0 aliphatic carbocycles. The summed E-state index contributed by atoms with van der Waals surface area (Å²) >= 11 is 1.29. The summed E-state index contributed by atoms with van der Waals surface area (Å²) < 4.78 is 0. The molecule has 112 valence electrons. The highest BCUT2D eigenvalue weighted by Crippen LogP contribution is 2.28. The summed E-state index contributed by atoms with van der Waals surface area (Å²) in [6, 6.07) is 0. The van der Waals surface area contributed by atoms with Gasteiger partial charge in [0, 0.05) is 13.6 Å². The van der Waals surface area contributed by atoms with Crippen molar-refractivity contribution in [3.8, 4) is 0 Å². The van der Waals surface area contributed by atoms with Crippen molar-refractivity contribution in [3.05, 3.63) is 10.6 Å². The topological polar surface area (TPSA) is 56.7 Å². The van der Waals surface area contributed by atoms with E-state index in [1.54, 1.807) is 0 Å². The van der Waals surface area contributed by atoms with Gasteiger partial charge in [0.05, 0.1) is 5.69 Å². The second kappa shape index (κ2) is 6.54. The van der Waals surface area contributed by atoms with E-state index in [-0.39, 0.29) is 0 Å². The summed E-state index contributed by atoms with van der Waals surface area (Å²) in [5.74, 6) is -0.184. The molecule has 20 heavy (non-hydrogen) atoms. The number of carbonyl (C=O) groups is 1. The van der Waals surface area contributed by atoms with E-state index < -0.39 is 5.97 Å². The van der Waals surface area contributed by atoms with Crippen LogP contribution in [0.15, 0.2) is 0 Å². The maximum absolute atomic E-state index is 11.2. The van der Waals surface area contributed by atoms with Crippen molar-refractivity contribution >= 4 is 22.4 Å². The Morgan fingerprint density at radius 2 is 2.15 bits per heavy atom. The van der Waals surface area contributed by atoms with Crippen molar-refractivity contribution in [2.45, 2.75) is 26.2 Å². The van der Waals surface area contributed by atoms with E-state index in [0.717, 1.165) is 24.8 Å². The number of rotatable bonds is 5. The average molecular weight is 297 g/mol. The lowest BCUT2D eigenvalue weighted by Gasteiger charge is -2.31. The Hall–Kier alpha value is -1.14. The van der Waals surface area contributed by atoms with Crippen molar-refractivity contribution in [3.63, 3.8) is 0 Å². The van der Waals surface area contributed by atoms with Crippen LogP contribution in [0, 0.1) is 5.92 Å². The molecule has 0 aromatic carbocycles. The van der Waals surface area contributed by atoms with Crippen molar-refractivity contribution in [2.75, 3.05) is 38.6 Å². The molecule has 0 bridgehead atoms. The minimum atomic E-state index is -0.863. The molecule has 2 rings (SSSR count). The fourth-order valence-corrected chi connectivity index (χ4v) is 3.58. The van der Waals surface area contributed by atoms with Gasteiger partial charge in [0.1, 0.15) is 4.88 Å². The fraction of sp³-hybridized carbons (Fsp3) is 0.714. The number of hydrogen-bond acceptors (Lipinski definition) is 5. The molecule has 5 nitrogen and oxygen atoms in total. The van der Waals surface area contributed by atoms with Crippen LogP contribution in [0.4, 0.5) is 5.13 Å². The molecule has 1 fully saturated rings. The van der Waals surface area contributed by atoms with Crippen molar-refractivity contribution in [1.29, 1.82) is 0 Å². The highest BCUT2D eigenvalue weighted by atomic mass is 32.1. The van der Waals surface area contributed by atoms with Gasteiger partial charge in [-0.15, -0.1) is 0 Å². The summed E-state index contributed by atoms with van der Waals surface area (Å²) in [5.41, 5.74) is 0.702. The summed E-state index contributed by atoms with van der Waals surface area (Å²) in [6.07, 6.45) is 3.08. The molecule has 1 saturated heterocycles. The van der Waals surface area contributed by atoms with E-state index in [1.165, 1.54) is 24.2 Å². The Bertz CT molecular complexity index is 467. The van der Waals surface area contributed by atoms with Crippen LogP contribution in [0.1, 0.15) is 35.1 Å². The number of thiazole rings is 1. The van der Waals surface area contributed by atoms with Crippen LogP contribution in [0.3, 0.4) is 0 Å². The summed E-state index contributed by atoms with van der Waals surface area (Å²) in [7, 11) is 4.18. The number of likely N-dealkylation sites (tertiary alicyclic amines) is 1. The first-order valence-corrected chi connectivity index (χ1v) is 7.95. The van der Waals surface area contributed by atoms with Crippen molar-refractivity contribution in [2.24, 2.45) is 5.92 Å². The minimum Gasteiger partial charge on any atom is -0.477 e. The highest BCUT2D eigenvalue weighted by molar-refractivity contribution is 7.17. The van der Waals surface area contributed by atoms with Gasteiger partial charge >= 0.3 is 5.97 Å². The standard InChI is InChI=1S/C14H23N3O2S/c1-4-11-12(13(18)19)20-14(15-11)17(3)9-10-5-7-16(2)8-6-10/h10H,4-9H2,1-3H3,(H,18,19). The van der Waals surface area contributed by atoms with Crippen LogP contribution in [0.25, 0.3) is 0 Å². The molecule has 2 heterocycles. The molecular weight excluding hydrogens is 274 g/mol. The Labute approximate surface area is 124 Å². The number of anilines is 1. The van der Waals surface area contributed by atoms with Crippen molar-refractivity contribution in [1.82, 2.24) is 9.88 Å². The van der Waals surface area contributed by atoms with Crippen LogP contribution in [0.2, 0.25) is 0 Å². The van der Waals surface area contributed by atoms with E-state index in [4.69, 9.17) is 0 Å². The zero-order valence-electron chi connectivity index (χ0n) is 12.4. The maximum atomic E-state index is 11.2. The molecule has 0 saturated carbocycles. The van der Waals surface area contributed by atoms with E-state index in [9.17, 15) is 9.90 Å². The first-order chi connectivity index (χ1) is 9.51. The lowest BCUT2D eigenvalue weighted by Crippen LogP contribution is -2.35.